The molecule has 0 saturated carbocycles. The third-order valence-corrected chi connectivity index (χ3v) is 5.61. The van der Waals surface area contributed by atoms with Gasteiger partial charge in [-0.2, -0.15) is 4.68 Å². The van der Waals surface area contributed by atoms with E-state index < -0.39 is 66.2 Å². The molecule has 0 aliphatic heterocycles. The molecule has 17 heteroatoms. The molecule has 0 unspecified atom stereocenters. The maximum absolute atomic E-state index is 13.5. The van der Waals surface area contributed by atoms with Gasteiger partial charge in [-0.15, -0.1) is 15.3 Å². The average molecular weight is 603 g/mol. The highest BCUT2D eigenvalue weighted by Crippen LogP contribution is 2.30. The van der Waals surface area contributed by atoms with Crippen LogP contribution in [0.2, 0.25) is 0 Å². The first-order valence-corrected chi connectivity index (χ1v) is 12.2. The van der Waals surface area contributed by atoms with Gasteiger partial charge in [0.15, 0.2) is 5.60 Å². The van der Waals surface area contributed by atoms with Crippen LogP contribution >= 0.6 is 0 Å². The van der Waals surface area contributed by atoms with Crippen LogP contribution in [0, 0.1) is 11.6 Å². The third-order valence-electron chi connectivity index (χ3n) is 5.61. The zero-order valence-corrected chi connectivity index (χ0v) is 22.2. The summed E-state index contributed by atoms with van der Waals surface area (Å²) in [6, 6.07) is 10.9. The molecule has 0 fully saturated rings. The van der Waals surface area contributed by atoms with Gasteiger partial charge in [-0.1, -0.05) is 0 Å². The summed E-state index contributed by atoms with van der Waals surface area (Å²) in [5, 5.41) is 46.0. The van der Waals surface area contributed by atoms with Crippen molar-refractivity contribution in [1.29, 1.82) is 0 Å². The van der Waals surface area contributed by atoms with Crippen molar-refractivity contribution in [3.05, 3.63) is 70.6 Å². The number of fused-ring (bicyclic) bond motifs is 1. The molecule has 4 rings (SSSR count). The fraction of sp³-hybridized carbons (Fsp3) is 0.231. The molecule has 43 heavy (non-hydrogen) atoms. The van der Waals surface area contributed by atoms with Crippen LogP contribution in [0.1, 0.15) is 19.8 Å². The van der Waals surface area contributed by atoms with E-state index >= 15 is 0 Å². The molecule has 0 atom stereocenters. The van der Waals surface area contributed by atoms with Crippen molar-refractivity contribution >= 4 is 29.7 Å². The van der Waals surface area contributed by atoms with Crippen LogP contribution in [0.3, 0.4) is 0 Å². The van der Waals surface area contributed by atoms with Gasteiger partial charge in [-0.05, 0) is 55.5 Å². The number of rotatable bonds is 10. The minimum Gasteiger partial charge on any atom is -0.481 e. The molecule has 0 aliphatic carbocycles. The first-order chi connectivity index (χ1) is 20.2. The normalized spacial score (nSPS) is 11.0. The Balaban J connectivity index is 0.000000331. The second-order valence-corrected chi connectivity index (χ2v) is 8.77. The second kappa shape index (κ2) is 13.4. The molecule has 15 nitrogen and oxygen atoms in total. The number of benzene rings is 2. The standard InChI is InChI=1S/C20H15F2N5O3.C6H8O7/c1-2-30-16(28)11-26-20(29)27-18(13-5-9-15(22)10-6-13)17(23-24-19(27)25-26)12-3-7-14(21)8-4-12;7-3(8)1-6(13,5(11)12)2-4(9)10/h3-10H,2,11H2,1H3;13H,1-2H2,(H,7,8)(H,9,10)(H,11,12). The van der Waals surface area contributed by atoms with Gasteiger partial charge in [0, 0.05) is 11.1 Å². The van der Waals surface area contributed by atoms with Crippen molar-refractivity contribution in [2.75, 3.05) is 6.61 Å². The lowest BCUT2D eigenvalue weighted by Gasteiger charge is -2.18. The molecule has 226 valence electrons. The molecule has 4 aromatic rings. The zero-order chi connectivity index (χ0) is 31.9. The minimum atomic E-state index is -2.74. The molecular formula is C26H23F2N5O10. The third kappa shape index (κ3) is 7.79. The van der Waals surface area contributed by atoms with Crippen molar-refractivity contribution in [3.8, 4) is 22.5 Å². The predicted molar refractivity (Wildman–Crippen MR) is 140 cm³/mol. The quantitative estimate of drug-likeness (QED) is 0.187. The van der Waals surface area contributed by atoms with Gasteiger partial charge >= 0.3 is 29.6 Å². The van der Waals surface area contributed by atoms with E-state index in [2.05, 4.69) is 15.3 Å². The first-order valence-electron chi connectivity index (χ1n) is 12.2. The number of carboxylic acids is 3. The van der Waals surface area contributed by atoms with Crippen LogP contribution < -0.4 is 5.69 Å². The van der Waals surface area contributed by atoms with E-state index in [1.165, 1.54) is 52.9 Å². The van der Waals surface area contributed by atoms with E-state index in [1.54, 1.807) is 6.92 Å². The zero-order valence-electron chi connectivity index (χ0n) is 22.2. The van der Waals surface area contributed by atoms with Crippen LogP contribution in [0.25, 0.3) is 28.3 Å². The van der Waals surface area contributed by atoms with Crippen molar-refractivity contribution in [2.24, 2.45) is 0 Å². The van der Waals surface area contributed by atoms with E-state index in [9.17, 15) is 32.8 Å². The molecule has 2 aromatic carbocycles. The molecule has 0 spiro atoms. The van der Waals surface area contributed by atoms with E-state index in [-0.39, 0.29) is 23.8 Å². The first kappa shape index (κ1) is 31.9. The number of hydrogen-bond donors (Lipinski definition) is 4. The fourth-order valence-electron chi connectivity index (χ4n) is 3.73. The van der Waals surface area contributed by atoms with Gasteiger partial charge in [0.2, 0.25) is 0 Å². The number of hydrogen-bond acceptors (Lipinski definition) is 10. The number of ether oxygens (including phenoxy) is 1. The number of carbonyl (C=O) groups is 4. The Hall–Kier alpha value is -5.58. The van der Waals surface area contributed by atoms with Crippen LogP contribution in [0.5, 0.6) is 0 Å². The van der Waals surface area contributed by atoms with Crippen LogP contribution in [0.15, 0.2) is 53.3 Å². The summed E-state index contributed by atoms with van der Waals surface area (Å²) < 4.78 is 33.8. The topological polar surface area (TPSA) is 224 Å². The average Bonchev–Trinajstić information content (AvgIpc) is 3.23. The van der Waals surface area contributed by atoms with Crippen LogP contribution in [-0.4, -0.2) is 80.9 Å². The highest BCUT2D eigenvalue weighted by atomic mass is 19.1. The minimum absolute atomic E-state index is 0.0468. The molecule has 2 aromatic heterocycles. The molecule has 4 N–H and O–H groups in total. The molecule has 2 heterocycles. The summed E-state index contributed by atoms with van der Waals surface area (Å²) >= 11 is 0. The molecular weight excluding hydrogens is 580 g/mol. The number of halogens is 2. The Bertz CT molecular complexity index is 1700. The lowest BCUT2D eigenvalue weighted by Crippen LogP contribution is -2.42. The van der Waals surface area contributed by atoms with Crippen molar-refractivity contribution in [3.63, 3.8) is 0 Å². The monoisotopic (exact) mass is 603 g/mol. The Labute approximate surface area is 239 Å². The summed E-state index contributed by atoms with van der Waals surface area (Å²) in [5.41, 5.74) is -1.87. The van der Waals surface area contributed by atoms with Crippen LogP contribution in [-0.2, 0) is 30.5 Å². The number of aliphatic carboxylic acids is 3. The van der Waals surface area contributed by atoms with Gasteiger partial charge in [0.25, 0.3) is 5.78 Å². The second-order valence-electron chi connectivity index (χ2n) is 8.77. The van der Waals surface area contributed by atoms with Crippen molar-refractivity contribution < 1.29 is 53.1 Å². The fourth-order valence-corrected chi connectivity index (χ4v) is 3.73. The van der Waals surface area contributed by atoms with E-state index in [4.69, 9.17) is 25.2 Å². The van der Waals surface area contributed by atoms with E-state index in [0.29, 0.717) is 11.1 Å². The Kier molecular flexibility index (Phi) is 9.94. The Morgan fingerprint density at radius 3 is 1.84 bits per heavy atom. The molecule has 0 aliphatic rings. The summed E-state index contributed by atoms with van der Waals surface area (Å²) in [6.45, 7) is 1.42. The van der Waals surface area contributed by atoms with E-state index in [1.807, 2.05) is 0 Å². The highest BCUT2D eigenvalue weighted by Gasteiger charge is 2.40. The smallest absolute Gasteiger partial charge is 0.352 e. The lowest BCUT2D eigenvalue weighted by molar-refractivity contribution is -0.170. The van der Waals surface area contributed by atoms with Gasteiger partial charge in [0.05, 0.1) is 25.1 Å². The maximum atomic E-state index is 13.5. The van der Waals surface area contributed by atoms with Gasteiger partial charge in [-0.25, -0.2) is 22.8 Å². The lowest BCUT2D eigenvalue weighted by atomic mass is 9.96. The summed E-state index contributed by atoms with van der Waals surface area (Å²) in [5.74, 6) is -6.58. The molecule has 0 amide bonds. The highest BCUT2D eigenvalue weighted by molar-refractivity contribution is 5.88. The van der Waals surface area contributed by atoms with Gasteiger partial charge in [0.1, 0.15) is 23.9 Å². The Morgan fingerprint density at radius 1 is 0.860 bits per heavy atom. The number of aliphatic hydroxyl groups is 1. The molecule has 0 saturated heterocycles. The Morgan fingerprint density at radius 2 is 1.37 bits per heavy atom. The number of carbonyl (C=O) groups excluding carboxylic acids is 1. The van der Waals surface area contributed by atoms with E-state index in [0.717, 1.165) is 4.68 Å². The van der Waals surface area contributed by atoms with Crippen LogP contribution in [0.4, 0.5) is 8.78 Å². The summed E-state index contributed by atoms with van der Waals surface area (Å²) in [4.78, 5) is 55.3. The number of aromatic nitrogens is 5. The largest absolute Gasteiger partial charge is 0.481 e. The number of carboxylic acid groups (broad SMARTS) is 3. The maximum Gasteiger partial charge on any atom is 0.352 e. The summed E-state index contributed by atoms with van der Waals surface area (Å²) in [7, 11) is 0. The van der Waals surface area contributed by atoms with Gasteiger partial charge in [-0.3, -0.25) is 14.4 Å². The molecule has 0 radical (unpaired) electrons. The number of esters is 1. The van der Waals surface area contributed by atoms with Crippen molar-refractivity contribution in [2.45, 2.75) is 31.9 Å². The predicted octanol–water partition coefficient (Wildman–Crippen LogP) is 1.21. The molecule has 0 bridgehead atoms. The number of nitrogens with zero attached hydrogens (tertiary/aromatic N) is 5. The van der Waals surface area contributed by atoms with Crippen molar-refractivity contribution in [1.82, 2.24) is 24.4 Å². The summed E-state index contributed by atoms with van der Waals surface area (Å²) in [6.07, 6.45) is -2.29. The SMILES string of the molecule is CCOC(=O)Cn1nc2nnc(-c3ccc(F)cc3)c(-c3ccc(F)cc3)n2c1=O.O=C(O)CC(O)(CC(=O)O)C(=O)O. The van der Waals surface area contributed by atoms with Gasteiger partial charge < -0.3 is 25.2 Å².